The summed E-state index contributed by atoms with van der Waals surface area (Å²) < 4.78 is 87.7. The normalized spacial score (nSPS) is 18.6. The maximum atomic E-state index is 14.3. The van der Waals surface area contributed by atoms with Gasteiger partial charge in [0.15, 0.2) is 5.58 Å². The lowest BCUT2D eigenvalue weighted by Crippen LogP contribution is -2.43. The third-order valence-electron chi connectivity index (χ3n) is 5.96. The van der Waals surface area contributed by atoms with Gasteiger partial charge in [-0.15, -0.1) is 0 Å². The number of oxime groups is 1. The lowest BCUT2D eigenvalue weighted by atomic mass is 9.85. The molecule has 0 saturated heterocycles. The van der Waals surface area contributed by atoms with E-state index in [1.807, 2.05) is 0 Å². The molecule has 200 valence electrons. The number of nitrogens with one attached hydrogen (secondary N) is 1. The van der Waals surface area contributed by atoms with Crippen LogP contribution in [0.25, 0.3) is 11.0 Å². The van der Waals surface area contributed by atoms with Gasteiger partial charge in [-0.25, -0.2) is 4.79 Å². The molecule has 2 aromatic carbocycles. The van der Waals surface area contributed by atoms with Gasteiger partial charge in [-0.3, -0.25) is 9.59 Å². The van der Waals surface area contributed by atoms with Crippen LogP contribution in [0.15, 0.2) is 62.9 Å². The molecule has 1 aliphatic heterocycles. The maximum absolute atomic E-state index is 14.3. The predicted octanol–water partition coefficient (Wildman–Crippen LogP) is 4.00. The molecule has 1 aromatic heterocycles. The molecule has 8 nitrogen and oxygen atoms in total. The molecule has 2 unspecified atom stereocenters. The summed E-state index contributed by atoms with van der Waals surface area (Å²) in [6.07, 6.45) is -11.1. The summed E-state index contributed by atoms with van der Waals surface area (Å²) in [5.74, 6) is -1.71. The molecule has 2 atom stereocenters. The molecule has 0 radical (unpaired) electrons. The van der Waals surface area contributed by atoms with Gasteiger partial charge in [0.1, 0.15) is 6.04 Å². The second-order valence-electron chi connectivity index (χ2n) is 8.46. The Bertz CT molecular complexity index is 1530. The zero-order valence-corrected chi connectivity index (χ0v) is 19.2. The van der Waals surface area contributed by atoms with Crippen LogP contribution in [0.4, 0.5) is 26.3 Å². The summed E-state index contributed by atoms with van der Waals surface area (Å²) in [7, 11) is 0. The number of fused-ring (bicyclic) bond motifs is 1. The maximum Gasteiger partial charge on any atom is 0.435 e. The van der Waals surface area contributed by atoms with Gasteiger partial charge in [-0.1, -0.05) is 23.4 Å². The van der Waals surface area contributed by atoms with Crippen LogP contribution < -0.4 is 16.7 Å². The molecule has 38 heavy (non-hydrogen) atoms. The van der Waals surface area contributed by atoms with Crippen LogP contribution in [-0.4, -0.2) is 29.7 Å². The van der Waals surface area contributed by atoms with E-state index in [9.17, 15) is 40.7 Å². The second kappa shape index (κ2) is 9.19. The van der Waals surface area contributed by atoms with Crippen LogP contribution in [0.5, 0.6) is 0 Å². The van der Waals surface area contributed by atoms with E-state index in [4.69, 9.17) is 15.0 Å². The number of primary amides is 1. The number of hydrogen-bond acceptors (Lipinski definition) is 6. The topological polar surface area (TPSA) is 124 Å². The summed E-state index contributed by atoms with van der Waals surface area (Å²) in [6, 6.07) is 6.05. The van der Waals surface area contributed by atoms with Crippen molar-refractivity contribution < 1.29 is 45.2 Å². The Kier molecular flexibility index (Phi) is 6.45. The van der Waals surface area contributed by atoms with E-state index >= 15 is 0 Å². The van der Waals surface area contributed by atoms with Crippen LogP contribution in [0.2, 0.25) is 0 Å². The largest absolute Gasteiger partial charge is 0.435 e. The van der Waals surface area contributed by atoms with Crippen molar-refractivity contribution >= 4 is 28.5 Å². The second-order valence-corrected chi connectivity index (χ2v) is 8.46. The van der Waals surface area contributed by atoms with Gasteiger partial charge in [-0.05, 0) is 31.2 Å². The molecular weight excluding hydrogens is 524 g/mol. The highest BCUT2D eigenvalue weighted by Crippen LogP contribution is 2.50. The number of nitrogens with zero attached hydrogens (tertiary/aromatic N) is 1. The average Bonchev–Trinajstić information content (AvgIpc) is 3.29. The number of nitrogens with two attached hydrogens (primary N) is 1. The van der Waals surface area contributed by atoms with Crippen LogP contribution in [0.1, 0.15) is 40.4 Å². The standard InChI is InChI=1S/C24H17F6N3O5/c1-11(20(31)35)32-21(36)16-6-5-14(15-7-8-18(34)37-19(15)16)17-10-22(38-33-17,24(28,29)30)12-3-2-4-13(9-12)23(25,26)27/h2-9,11H,10H2,1H3,(H2,31,35)(H,32,36). The Morgan fingerprint density at radius 2 is 1.79 bits per heavy atom. The van der Waals surface area contributed by atoms with Crippen molar-refractivity contribution in [2.45, 2.75) is 37.3 Å². The lowest BCUT2D eigenvalue weighted by molar-refractivity contribution is -0.276. The van der Waals surface area contributed by atoms with E-state index in [-0.39, 0.29) is 27.8 Å². The van der Waals surface area contributed by atoms with Gasteiger partial charge in [0.25, 0.3) is 11.5 Å². The predicted molar refractivity (Wildman–Crippen MR) is 120 cm³/mol. The molecule has 1 aliphatic rings. The summed E-state index contributed by atoms with van der Waals surface area (Å²) >= 11 is 0. The van der Waals surface area contributed by atoms with E-state index in [0.717, 1.165) is 24.3 Å². The first-order chi connectivity index (χ1) is 17.6. The van der Waals surface area contributed by atoms with Crippen molar-refractivity contribution in [3.63, 3.8) is 0 Å². The summed E-state index contributed by atoms with van der Waals surface area (Å²) in [6.45, 7) is 1.31. The molecule has 0 spiro atoms. The van der Waals surface area contributed by atoms with Crippen molar-refractivity contribution in [2.24, 2.45) is 10.9 Å². The lowest BCUT2D eigenvalue weighted by Gasteiger charge is -2.30. The molecule has 0 bridgehead atoms. The monoisotopic (exact) mass is 541 g/mol. The first kappa shape index (κ1) is 26.7. The first-order valence-corrected chi connectivity index (χ1v) is 10.8. The molecule has 0 saturated carbocycles. The van der Waals surface area contributed by atoms with Gasteiger partial charge in [0, 0.05) is 29.0 Å². The van der Waals surface area contributed by atoms with Crippen LogP contribution >= 0.6 is 0 Å². The molecule has 3 N–H and O–H groups in total. The number of carbonyl (C=O) groups excluding carboxylic acids is 2. The smallest absolute Gasteiger partial charge is 0.422 e. The Labute approximate surface area is 209 Å². The number of halogens is 6. The average molecular weight is 541 g/mol. The Morgan fingerprint density at radius 1 is 1.08 bits per heavy atom. The van der Waals surface area contributed by atoms with Gasteiger partial charge in [-0.2, -0.15) is 26.3 Å². The summed E-state index contributed by atoms with van der Waals surface area (Å²) in [4.78, 5) is 40.7. The number of benzene rings is 2. The summed E-state index contributed by atoms with van der Waals surface area (Å²) in [5, 5.41) is 5.84. The van der Waals surface area contributed by atoms with E-state index in [1.165, 1.54) is 19.1 Å². The molecule has 4 rings (SSSR count). The van der Waals surface area contributed by atoms with Gasteiger partial charge < -0.3 is 20.3 Å². The number of amides is 2. The van der Waals surface area contributed by atoms with Crippen molar-refractivity contribution in [1.29, 1.82) is 0 Å². The third kappa shape index (κ3) is 4.68. The number of hydrogen-bond donors (Lipinski definition) is 2. The fourth-order valence-corrected chi connectivity index (χ4v) is 3.93. The van der Waals surface area contributed by atoms with E-state index in [2.05, 4.69) is 10.5 Å². The number of rotatable bonds is 5. The number of carbonyl (C=O) groups is 2. The van der Waals surface area contributed by atoms with E-state index in [1.54, 1.807) is 0 Å². The zero-order chi connectivity index (χ0) is 28.0. The molecule has 14 heteroatoms. The highest BCUT2D eigenvalue weighted by atomic mass is 19.4. The molecule has 2 heterocycles. The van der Waals surface area contributed by atoms with Crippen molar-refractivity contribution in [2.75, 3.05) is 0 Å². The van der Waals surface area contributed by atoms with Crippen LogP contribution in [0, 0.1) is 0 Å². The molecule has 0 aliphatic carbocycles. The Morgan fingerprint density at radius 3 is 2.42 bits per heavy atom. The van der Waals surface area contributed by atoms with E-state index < -0.39 is 59.0 Å². The minimum absolute atomic E-state index is 0.00616. The minimum Gasteiger partial charge on any atom is -0.422 e. The third-order valence-corrected chi connectivity index (χ3v) is 5.96. The van der Waals surface area contributed by atoms with Gasteiger partial charge in [0.2, 0.25) is 5.91 Å². The molecule has 2 amide bonds. The fourth-order valence-electron chi connectivity index (χ4n) is 3.93. The van der Waals surface area contributed by atoms with Gasteiger partial charge >= 0.3 is 18.0 Å². The quantitative estimate of drug-likeness (QED) is 0.374. The Hall–Kier alpha value is -4.36. The first-order valence-electron chi connectivity index (χ1n) is 10.8. The van der Waals surface area contributed by atoms with Crippen molar-refractivity contribution in [3.8, 4) is 0 Å². The zero-order valence-electron chi connectivity index (χ0n) is 19.2. The van der Waals surface area contributed by atoms with Gasteiger partial charge in [0.05, 0.1) is 16.8 Å². The minimum atomic E-state index is -5.18. The molecule has 0 fully saturated rings. The van der Waals surface area contributed by atoms with Crippen molar-refractivity contribution in [3.05, 3.63) is 81.2 Å². The fraction of sp³-hybridized carbons (Fsp3) is 0.250. The van der Waals surface area contributed by atoms with Crippen LogP contribution in [-0.2, 0) is 21.4 Å². The SMILES string of the molecule is CC(NC(=O)c1ccc(C2=NOC(c3cccc(C(F)(F)F)c3)(C(F)(F)F)C2)c2ccc(=O)oc12)C(N)=O. The number of alkyl halides is 6. The molecule has 3 aromatic rings. The van der Waals surface area contributed by atoms with Crippen LogP contribution in [0.3, 0.4) is 0 Å². The van der Waals surface area contributed by atoms with E-state index in [0.29, 0.717) is 12.1 Å². The summed E-state index contributed by atoms with van der Waals surface area (Å²) in [5.41, 5.74) is -2.00. The van der Waals surface area contributed by atoms with Crippen molar-refractivity contribution in [1.82, 2.24) is 5.32 Å². The molecular formula is C24H17F6N3O5. The Balaban J connectivity index is 1.80. The highest BCUT2D eigenvalue weighted by molar-refractivity contribution is 6.15. The highest BCUT2D eigenvalue weighted by Gasteiger charge is 2.62.